The third-order valence-corrected chi connectivity index (χ3v) is 2.68. The van der Waals surface area contributed by atoms with Crippen molar-refractivity contribution in [2.24, 2.45) is 0 Å². The fraction of sp³-hybridized carbons (Fsp3) is 0.125. The van der Waals surface area contributed by atoms with Gasteiger partial charge < -0.3 is 4.74 Å². The third-order valence-electron chi connectivity index (χ3n) is 2.68. The molecule has 0 aromatic heterocycles. The molecular formula is C16H16FNO2. The molecule has 2 aromatic carbocycles. The summed E-state index contributed by atoms with van der Waals surface area (Å²) in [5, 5.41) is 1.61. The molecule has 0 aliphatic carbocycles. The van der Waals surface area contributed by atoms with Gasteiger partial charge in [-0.25, -0.2) is 9.45 Å². The van der Waals surface area contributed by atoms with Crippen molar-refractivity contribution in [2.75, 3.05) is 18.8 Å². The second-order valence-corrected chi connectivity index (χ2v) is 4.05. The minimum absolute atomic E-state index is 0.280. The molecule has 0 heterocycles. The van der Waals surface area contributed by atoms with E-state index in [1.54, 1.807) is 30.4 Å². The van der Waals surface area contributed by atoms with Gasteiger partial charge in [-0.3, -0.25) is 4.84 Å². The zero-order valence-electron chi connectivity index (χ0n) is 11.3. The van der Waals surface area contributed by atoms with Gasteiger partial charge in [-0.1, -0.05) is 12.7 Å². The number of hydrogen-bond donors (Lipinski definition) is 0. The summed E-state index contributed by atoms with van der Waals surface area (Å²) in [6.45, 7) is 4.06. The van der Waals surface area contributed by atoms with Crippen molar-refractivity contribution in [3.05, 3.63) is 67.0 Å². The lowest BCUT2D eigenvalue weighted by Crippen LogP contribution is -2.14. The maximum absolute atomic E-state index is 12.9. The average Bonchev–Trinajstić information content (AvgIpc) is 2.49. The molecule has 0 N–H and O–H groups in total. The van der Waals surface area contributed by atoms with Gasteiger partial charge in [0.1, 0.15) is 18.2 Å². The van der Waals surface area contributed by atoms with E-state index in [9.17, 15) is 4.39 Å². The first-order valence-corrected chi connectivity index (χ1v) is 6.18. The zero-order chi connectivity index (χ0) is 14.4. The molecule has 0 fully saturated rings. The lowest BCUT2D eigenvalue weighted by atomic mass is 10.2. The minimum atomic E-state index is -0.280. The predicted octanol–water partition coefficient (Wildman–Crippen LogP) is 4.09. The Bertz CT molecular complexity index is 552. The largest absolute Gasteiger partial charge is 0.490 e. The molecule has 20 heavy (non-hydrogen) atoms. The fourth-order valence-corrected chi connectivity index (χ4v) is 1.77. The Labute approximate surface area is 117 Å². The molecule has 0 saturated carbocycles. The molecule has 0 spiro atoms. The van der Waals surface area contributed by atoms with Crippen molar-refractivity contribution in [2.45, 2.75) is 0 Å². The lowest BCUT2D eigenvalue weighted by molar-refractivity contribution is 0.201. The first-order chi connectivity index (χ1) is 9.74. The number of ether oxygens (including phenoxy) is 1. The highest BCUT2D eigenvalue weighted by atomic mass is 19.1. The van der Waals surface area contributed by atoms with Gasteiger partial charge in [0, 0.05) is 0 Å². The van der Waals surface area contributed by atoms with Crippen molar-refractivity contribution in [1.82, 2.24) is 0 Å². The van der Waals surface area contributed by atoms with Crippen molar-refractivity contribution < 1.29 is 14.0 Å². The fourth-order valence-electron chi connectivity index (χ4n) is 1.77. The normalized spacial score (nSPS) is 10.1. The van der Waals surface area contributed by atoms with E-state index in [0.717, 1.165) is 17.1 Å². The van der Waals surface area contributed by atoms with Gasteiger partial charge >= 0.3 is 0 Å². The average molecular weight is 273 g/mol. The molecule has 0 saturated heterocycles. The van der Waals surface area contributed by atoms with Gasteiger partial charge in [0.2, 0.25) is 0 Å². The van der Waals surface area contributed by atoms with Crippen LogP contribution >= 0.6 is 0 Å². The molecule has 0 atom stereocenters. The highest BCUT2D eigenvalue weighted by Gasteiger charge is 2.08. The SMILES string of the molecule is C=CCOc1ccc(N(OC)c2ccc(F)cc2)cc1. The monoisotopic (exact) mass is 273 g/mol. The van der Waals surface area contributed by atoms with Crippen molar-refractivity contribution in [1.29, 1.82) is 0 Å². The smallest absolute Gasteiger partial charge is 0.123 e. The van der Waals surface area contributed by atoms with E-state index in [-0.39, 0.29) is 5.82 Å². The van der Waals surface area contributed by atoms with Crippen LogP contribution in [0.2, 0.25) is 0 Å². The molecule has 0 amide bonds. The molecule has 4 heteroatoms. The van der Waals surface area contributed by atoms with Crippen LogP contribution in [0.3, 0.4) is 0 Å². The molecule has 0 bridgehead atoms. The Kier molecular flexibility index (Phi) is 4.74. The Morgan fingerprint density at radius 2 is 1.60 bits per heavy atom. The lowest BCUT2D eigenvalue weighted by Gasteiger charge is -2.22. The predicted molar refractivity (Wildman–Crippen MR) is 77.7 cm³/mol. The van der Waals surface area contributed by atoms with Gasteiger partial charge in [-0.05, 0) is 48.5 Å². The number of hydrogen-bond acceptors (Lipinski definition) is 3. The summed E-state index contributed by atoms with van der Waals surface area (Å²) < 4.78 is 18.4. The number of nitrogens with zero attached hydrogens (tertiary/aromatic N) is 1. The first-order valence-electron chi connectivity index (χ1n) is 6.18. The summed E-state index contributed by atoms with van der Waals surface area (Å²) in [6.07, 6.45) is 1.69. The molecule has 2 aromatic rings. The summed E-state index contributed by atoms with van der Waals surface area (Å²) >= 11 is 0. The highest BCUT2D eigenvalue weighted by molar-refractivity contribution is 5.61. The number of benzene rings is 2. The van der Waals surface area contributed by atoms with E-state index in [4.69, 9.17) is 9.57 Å². The Hall–Kier alpha value is -2.33. The Morgan fingerprint density at radius 3 is 2.10 bits per heavy atom. The number of rotatable bonds is 6. The van der Waals surface area contributed by atoms with Crippen LogP contribution in [0, 0.1) is 5.82 Å². The van der Waals surface area contributed by atoms with Crippen molar-refractivity contribution >= 4 is 11.4 Å². The van der Waals surface area contributed by atoms with E-state index in [1.807, 2.05) is 24.3 Å². The zero-order valence-corrected chi connectivity index (χ0v) is 11.3. The standard InChI is InChI=1S/C16H16FNO2/c1-3-12-20-16-10-8-15(9-11-16)18(19-2)14-6-4-13(17)5-7-14/h3-11H,1,12H2,2H3. The molecule has 3 nitrogen and oxygen atoms in total. The van der Waals surface area contributed by atoms with Crippen LogP contribution in [0.1, 0.15) is 0 Å². The summed E-state index contributed by atoms with van der Waals surface area (Å²) in [5.41, 5.74) is 1.57. The van der Waals surface area contributed by atoms with Gasteiger partial charge in [-0.2, -0.15) is 0 Å². The van der Waals surface area contributed by atoms with Crippen LogP contribution in [-0.2, 0) is 4.84 Å². The molecule has 2 rings (SSSR count). The van der Waals surface area contributed by atoms with Crippen LogP contribution in [0.25, 0.3) is 0 Å². The van der Waals surface area contributed by atoms with E-state index in [2.05, 4.69) is 6.58 Å². The van der Waals surface area contributed by atoms with Crippen molar-refractivity contribution in [3.63, 3.8) is 0 Å². The summed E-state index contributed by atoms with van der Waals surface area (Å²) in [7, 11) is 1.56. The van der Waals surface area contributed by atoms with E-state index in [0.29, 0.717) is 6.61 Å². The maximum Gasteiger partial charge on any atom is 0.123 e. The van der Waals surface area contributed by atoms with Crippen LogP contribution in [-0.4, -0.2) is 13.7 Å². The quantitative estimate of drug-likeness (QED) is 0.584. The van der Waals surface area contributed by atoms with Crippen LogP contribution < -0.4 is 9.80 Å². The van der Waals surface area contributed by atoms with Crippen LogP contribution in [0.15, 0.2) is 61.2 Å². The molecular weight excluding hydrogens is 257 g/mol. The Balaban J connectivity index is 2.18. The van der Waals surface area contributed by atoms with E-state index in [1.165, 1.54) is 12.1 Å². The van der Waals surface area contributed by atoms with Gasteiger partial charge in [0.15, 0.2) is 0 Å². The second kappa shape index (κ2) is 6.73. The number of anilines is 2. The first kappa shape index (κ1) is 14.1. The highest BCUT2D eigenvalue weighted by Crippen LogP contribution is 2.27. The van der Waals surface area contributed by atoms with Gasteiger partial charge in [0.25, 0.3) is 0 Å². The van der Waals surface area contributed by atoms with Crippen LogP contribution in [0.5, 0.6) is 5.75 Å². The third kappa shape index (κ3) is 3.36. The van der Waals surface area contributed by atoms with E-state index >= 15 is 0 Å². The number of halogens is 1. The molecule has 0 aliphatic heterocycles. The molecule has 104 valence electrons. The van der Waals surface area contributed by atoms with Crippen LogP contribution in [0.4, 0.5) is 15.8 Å². The van der Waals surface area contributed by atoms with E-state index < -0.39 is 0 Å². The maximum atomic E-state index is 12.9. The molecule has 0 unspecified atom stereocenters. The summed E-state index contributed by atoms with van der Waals surface area (Å²) in [6, 6.07) is 13.5. The Morgan fingerprint density at radius 1 is 1.05 bits per heavy atom. The summed E-state index contributed by atoms with van der Waals surface area (Å²) in [4.78, 5) is 5.34. The minimum Gasteiger partial charge on any atom is -0.490 e. The summed E-state index contributed by atoms with van der Waals surface area (Å²) in [5.74, 6) is 0.474. The second-order valence-electron chi connectivity index (χ2n) is 4.05. The molecule has 0 radical (unpaired) electrons. The molecule has 0 aliphatic rings. The van der Waals surface area contributed by atoms with Crippen molar-refractivity contribution in [3.8, 4) is 5.75 Å². The van der Waals surface area contributed by atoms with Gasteiger partial charge in [-0.15, -0.1) is 0 Å². The topological polar surface area (TPSA) is 21.7 Å². The van der Waals surface area contributed by atoms with Gasteiger partial charge in [0.05, 0.1) is 18.5 Å².